The zero-order chi connectivity index (χ0) is 25.1. The number of aliphatic hydroxyl groups is 2. The molecule has 0 aliphatic carbocycles. The summed E-state index contributed by atoms with van der Waals surface area (Å²) in [5.74, 6) is 0. The van der Waals surface area contributed by atoms with Crippen LogP contribution in [0.25, 0.3) is 0 Å². The predicted octanol–water partition coefficient (Wildman–Crippen LogP) is -0.511. The Morgan fingerprint density at radius 3 is 1.61 bits per heavy atom. The van der Waals surface area contributed by atoms with Gasteiger partial charge in [0.25, 0.3) is 0 Å². The zero-order valence-electron chi connectivity index (χ0n) is 21.1. The summed E-state index contributed by atoms with van der Waals surface area (Å²) in [7, 11) is 3.03. The lowest BCUT2D eigenvalue weighted by atomic mass is 9.94. The minimum atomic E-state index is -1.16. The molecule has 0 aromatic rings. The first-order valence-corrected chi connectivity index (χ1v) is 11.4. The van der Waals surface area contributed by atoms with Gasteiger partial charge in [0.1, 0.15) is 36.6 Å². The molecule has 11 nitrogen and oxygen atoms in total. The molecule has 10 unspecified atom stereocenters. The monoisotopic (exact) mass is 480 g/mol. The van der Waals surface area contributed by atoms with Gasteiger partial charge in [0, 0.05) is 14.2 Å². The zero-order valence-corrected chi connectivity index (χ0v) is 21.1. The van der Waals surface area contributed by atoms with Crippen molar-refractivity contribution in [3.8, 4) is 0 Å². The van der Waals surface area contributed by atoms with Crippen LogP contribution < -0.4 is 11.5 Å². The van der Waals surface area contributed by atoms with Crippen molar-refractivity contribution in [1.82, 2.24) is 0 Å². The van der Waals surface area contributed by atoms with Crippen LogP contribution in [0.5, 0.6) is 0 Å². The maximum Gasteiger partial charge on any atom is 0.176 e. The number of rotatable bonds is 8. The first-order valence-electron chi connectivity index (χ1n) is 11.4. The Morgan fingerprint density at radius 2 is 1.12 bits per heavy atom. The van der Waals surface area contributed by atoms with Crippen molar-refractivity contribution in [2.75, 3.05) is 27.4 Å². The molecule has 6 N–H and O–H groups in total. The third-order valence-corrected chi connectivity index (χ3v) is 5.35. The fourth-order valence-corrected chi connectivity index (χ4v) is 3.93. The van der Waals surface area contributed by atoms with Crippen molar-refractivity contribution in [1.29, 1.82) is 0 Å². The molecule has 2 aliphatic heterocycles. The Kier molecular flexibility index (Phi) is 10.1. The van der Waals surface area contributed by atoms with Gasteiger partial charge in [0.2, 0.25) is 0 Å². The van der Waals surface area contributed by atoms with Gasteiger partial charge in [0.05, 0.1) is 36.5 Å². The van der Waals surface area contributed by atoms with Crippen molar-refractivity contribution in [2.24, 2.45) is 11.5 Å². The van der Waals surface area contributed by atoms with Crippen LogP contribution in [0.15, 0.2) is 0 Å². The Labute approximate surface area is 196 Å². The van der Waals surface area contributed by atoms with Crippen LogP contribution >= 0.6 is 0 Å². The second-order valence-electron chi connectivity index (χ2n) is 10.7. The third-order valence-electron chi connectivity index (χ3n) is 5.35. The summed E-state index contributed by atoms with van der Waals surface area (Å²) in [6.45, 7) is 11.5. The average Bonchev–Trinajstić information content (AvgIpc) is 2.68. The maximum absolute atomic E-state index is 11.0. The van der Waals surface area contributed by atoms with E-state index in [0.717, 1.165) is 0 Å². The normalized spacial score (nSPS) is 40.7. The van der Waals surface area contributed by atoms with Gasteiger partial charge in [-0.2, -0.15) is 0 Å². The molecule has 0 amide bonds. The van der Waals surface area contributed by atoms with Crippen LogP contribution in [0, 0.1) is 0 Å². The highest BCUT2D eigenvalue weighted by Gasteiger charge is 2.51. The van der Waals surface area contributed by atoms with Crippen LogP contribution in [0.2, 0.25) is 0 Å². The van der Waals surface area contributed by atoms with E-state index in [4.69, 9.17) is 44.6 Å². The molecule has 2 aliphatic rings. The Balaban J connectivity index is 2.20. The van der Waals surface area contributed by atoms with Crippen LogP contribution in [0.3, 0.4) is 0 Å². The molecule has 2 saturated heterocycles. The summed E-state index contributed by atoms with van der Waals surface area (Å²) in [6, 6.07) is -1.85. The number of hydrogen-bond donors (Lipinski definition) is 4. The second kappa shape index (κ2) is 11.5. The summed E-state index contributed by atoms with van der Waals surface area (Å²) in [5, 5.41) is 21.9. The van der Waals surface area contributed by atoms with E-state index in [1.807, 2.05) is 41.5 Å². The Hall–Kier alpha value is -0.440. The molecule has 33 heavy (non-hydrogen) atoms. The summed E-state index contributed by atoms with van der Waals surface area (Å²) in [4.78, 5) is 0. The standard InChI is InChI=1S/C22H44N2O9/c1-21(2,3)32-18-12(10-28-8)29-19(13(23)16(18)26)31-17-11(9-27-7)30-20(14(24)15(17)25)33-22(4,5)6/h11-20,25-26H,9-10,23-24H2,1-8H3. The molecular weight excluding hydrogens is 436 g/mol. The first kappa shape index (κ1) is 28.8. The number of nitrogens with two attached hydrogens (primary N) is 2. The lowest BCUT2D eigenvalue weighted by molar-refractivity contribution is -0.342. The quantitative estimate of drug-likeness (QED) is 0.355. The highest BCUT2D eigenvalue weighted by molar-refractivity contribution is 4.98. The van der Waals surface area contributed by atoms with Gasteiger partial charge in [-0.15, -0.1) is 0 Å². The number of ether oxygens (including phenoxy) is 7. The van der Waals surface area contributed by atoms with Gasteiger partial charge in [-0.25, -0.2) is 0 Å². The number of methoxy groups -OCH3 is 2. The van der Waals surface area contributed by atoms with E-state index >= 15 is 0 Å². The molecule has 0 radical (unpaired) electrons. The molecule has 0 saturated carbocycles. The van der Waals surface area contributed by atoms with Crippen molar-refractivity contribution >= 4 is 0 Å². The lowest BCUT2D eigenvalue weighted by Crippen LogP contribution is -2.68. The molecule has 2 rings (SSSR count). The second-order valence-corrected chi connectivity index (χ2v) is 10.7. The summed E-state index contributed by atoms with van der Waals surface area (Å²) >= 11 is 0. The Bertz CT molecular complexity index is 597. The van der Waals surface area contributed by atoms with E-state index in [9.17, 15) is 10.2 Å². The molecular formula is C22H44N2O9. The van der Waals surface area contributed by atoms with E-state index in [2.05, 4.69) is 0 Å². The van der Waals surface area contributed by atoms with Crippen molar-refractivity contribution in [2.45, 2.75) is 114 Å². The van der Waals surface area contributed by atoms with Crippen LogP contribution in [0.4, 0.5) is 0 Å². The third kappa shape index (κ3) is 7.77. The van der Waals surface area contributed by atoms with E-state index in [-0.39, 0.29) is 13.2 Å². The van der Waals surface area contributed by atoms with E-state index in [1.165, 1.54) is 14.2 Å². The molecule has 11 heteroatoms. The molecule has 196 valence electrons. The Morgan fingerprint density at radius 1 is 0.697 bits per heavy atom. The molecule has 10 atom stereocenters. The molecule has 0 spiro atoms. The SMILES string of the molecule is COCC1OC(OC(C)(C)C)C(N)C(O)C1OC1OC(COC)C(OC(C)(C)C)C(O)C1N. The van der Waals surface area contributed by atoms with Crippen LogP contribution in [-0.2, 0) is 33.2 Å². The van der Waals surface area contributed by atoms with E-state index < -0.39 is 72.5 Å². The smallest absolute Gasteiger partial charge is 0.176 e. The minimum absolute atomic E-state index is 0.111. The molecule has 0 aromatic heterocycles. The van der Waals surface area contributed by atoms with E-state index in [1.54, 1.807) is 0 Å². The van der Waals surface area contributed by atoms with Gasteiger partial charge in [-0.3, -0.25) is 0 Å². The number of aliphatic hydroxyl groups excluding tert-OH is 2. The van der Waals surface area contributed by atoms with Gasteiger partial charge < -0.3 is 54.8 Å². The minimum Gasteiger partial charge on any atom is -0.388 e. The van der Waals surface area contributed by atoms with E-state index in [0.29, 0.717) is 0 Å². The fraction of sp³-hybridized carbons (Fsp3) is 1.00. The summed E-state index contributed by atoms with van der Waals surface area (Å²) < 4.78 is 40.5. The molecule has 2 heterocycles. The van der Waals surface area contributed by atoms with Crippen molar-refractivity contribution < 1.29 is 43.4 Å². The largest absolute Gasteiger partial charge is 0.388 e. The van der Waals surface area contributed by atoms with Gasteiger partial charge >= 0.3 is 0 Å². The molecule has 2 fully saturated rings. The van der Waals surface area contributed by atoms with Crippen LogP contribution in [0.1, 0.15) is 41.5 Å². The van der Waals surface area contributed by atoms with Crippen LogP contribution in [-0.4, -0.2) is 110 Å². The maximum atomic E-state index is 11.0. The fourth-order valence-electron chi connectivity index (χ4n) is 3.93. The highest BCUT2D eigenvalue weighted by Crippen LogP contribution is 2.32. The van der Waals surface area contributed by atoms with Crippen molar-refractivity contribution in [3.63, 3.8) is 0 Å². The predicted molar refractivity (Wildman–Crippen MR) is 119 cm³/mol. The topological polar surface area (TPSA) is 157 Å². The number of hydrogen-bond acceptors (Lipinski definition) is 11. The van der Waals surface area contributed by atoms with Gasteiger partial charge in [0.15, 0.2) is 12.6 Å². The first-order chi connectivity index (χ1) is 15.2. The average molecular weight is 481 g/mol. The molecule has 0 bridgehead atoms. The van der Waals surface area contributed by atoms with Gasteiger partial charge in [-0.1, -0.05) is 0 Å². The molecule has 0 aromatic carbocycles. The summed E-state index contributed by atoms with van der Waals surface area (Å²) in [5.41, 5.74) is 11.4. The highest BCUT2D eigenvalue weighted by atomic mass is 16.7. The van der Waals surface area contributed by atoms with Crippen molar-refractivity contribution in [3.05, 3.63) is 0 Å². The lowest BCUT2D eigenvalue weighted by Gasteiger charge is -2.49. The van der Waals surface area contributed by atoms with Gasteiger partial charge in [-0.05, 0) is 41.5 Å². The summed E-state index contributed by atoms with van der Waals surface area (Å²) in [6.07, 6.45) is -7.23.